The van der Waals surface area contributed by atoms with Crippen molar-refractivity contribution in [2.75, 3.05) is 40.5 Å². The van der Waals surface area contributed by atoms with Gasteiger partial charge >= 0.3 is 5.97 Å². The van der Waals surface area contributed by atoms with E-state index in [-0.39, 0.29) is 18.6 Å². The van der Waals surface area contributed by atoms with E-state index in [0.29, 0.717) is 17.1 Å². The van der Waals surface area contributed by atoms with Gasteiger partial charge < -0.3 is 24.4 Å². The van der Waals surface area contributed by atoms with Crippen molar-refractivity contribution in [2.24, 2.45) is 5.92 Å². The van der Waals surface area contributed by atoms with Crippen LogP contribution in [0.1, 0.15) is 55.3 Å². The Hall–Kier alpha value is -2.28. The predicted molar refractivity (Wildman–Crippen MR) is 114 cm³/mol. The van der Waals surface area contributed by atoms with E-state index in [9.17, 15) is 9.59 Å². The van der Waals surface area contributed by atoms with Crippen molar-refractivity contribution in [1.82, 2.24) is 10.2 Å². The summed E-state index contributed by atoms with van der Waals surface area (Å²) in [5.74, 6) is 1.08. The Bertz CT molecular complexity index is 710. The lowest BCUT2D eigenvalue weighted by molar-refractivity contribution is -0.142. The molecule has 0 radical (unpaired) electrons. The molecule has 0 atom stereocenters. The number of rotatable bonds is 8. The highest BCUT2D eigenvalue weighted by Gasteiger charge is 2.24. The van der Waals surface area contributed by atoms with Crippen LogP contribution in [-0.2, 0) is 9.53 Å². The number of carbonyl (C=O) groups excluding carboxylic acids is 2. The summed E-state index contributed by atoms with van der Waals surface area (Å²) in [4.78, 5) is 26.5. The third-order valence-corrected chi connectivity index (χ3v) is 6.16. The summed E-state index contributed by atoms with van der Waals surface area (Å²) in [6.45, 7) is 3.10. The molecule has 1 amide bonds. The van der Waals surface area contributed by atoms with Gasteiger partial charge in [-0.05, 0) is 49.8 Å². The highest BCUT2D eigenvalue weighted by molar-refractivity contribution is 5.95. The number of benzene rings is 1. The van der Waals surface area contributed by atoms with Crippen molar-refractivity contribution >= 4 is 11.9 Å². The molecule has 30 heavy (non-hydrogen) atoms. The fourth-order valence-corrected chi connectivity index (χ4v) is 4.39. The maximum absolute atomic E-state index is 12.7. The molecule has 1 aromatic rings. The highest BCUT2D eigenvalue weighted by atomic mass is 16.6. The van der Waals surface area contributed by atoms with Crippen LogP contribution in [0.15, 0.2) is 18.2 Å². The predicted octanol–water partition coefficient (Wildman–Crippen LogP) is 3.02. The number of hydrogen-bond donors (Lipinski definition) is 1. The first-order chi connectivity index (χ1) is 14.6. The second-order valence-corrected chi connectivity index (χ2v) is 8.28. The van der Waals surface area contributed by atoms with Crippen LogP contribution in [-0.4, -0.2) is 63.3 Å². The van der Waals surface area contributed by atoms with E-state index in [1.54, 1.807) is 18.2 Å². The minimum atomic E-state index is -0.478. The standard InChI is InChI=1S/C23H34N2O5/c1-28-21-14-18(8-9-20(21)30-16-22(26)29-2)23(27)24-19-10-12-25(13-11-19)15-17-6-4-3-5-7-17/h8-9,14,17,19H,3-7,10-13,15-16H2,1-2H3,(H,24,27). The third-order valence-electron chi connectivity index (χ3n) is 6.16. The molecule has 7 nitrogen and oxygen atoms in total. The molecular weight excluding hydrogens is 384 g/mol. The first-order valence-electron chi connectivity index (χ1n) is 11.0. The summed E-state index contributed by atoms with van der Waals surface area (Å²) >= 11 is 0. The molecule has 1 saturated heterocycles. The molecule has 1 saturated carbocycles. The molecule has 0 bridgehead atoms. The van der Waals surface area contributed by atoms with E-state index >= 15 is 0 Å². The highest BCUT2D eigenvalue weighted by Crippen LogP contribution is 2.28. The van der Waals surface area contributed by atoms with Gasteiger partial charge in [-0.2, -0.15) is 0 Å². The fourth-order valence-electron chi connectivity index (χ4n) is 4.39. The average molecular weight is 419 g/mol. The zero-order chi connectivity index (χ0) is 21.3. The van der Waals surface area contributed by atoms with Crippen LogP contribution in [0.2, 0.25) is 0 Å². The SMILES string of the molecule is COC(=O)COc1ccc(C(=O)NC2CCN(CC3CCCCC3)CC2)cc1OC. The van der Waals surface area contributed by atoms with Gasteiger partial charge in [-0.3, -0.25) is 4.79 Å². The first kappa shape index (κ1) is 22.4. The van der Waals surface area contributed by atoms with Crippen molar-refractivity contribution in [1.29, 1.82) is 0 Å². The molecule has 2 aliphatic rings. The molecule has 0 spiro atoms. The topological polar surface area (TPSA) is 77.1 Å². The number of methoxy groups -OCH3 is 2. The van der Waals surface area contributed by atoms with Gasteiger partial charge in [-0.25, -0.2) is 4.79 Å². The fraction of sp³-hybridized carbons (Fsp3) is 0.652. The zero-order valence-corrected chi connectivity index (χ0v) is 18.2. The monoisotopic (exact) mass is 418 g/mol. The van der Waals surface area contributed by atoms with E-state index in [1.807, 2.05) is 0 Å². The quantitative estimate of drug-likeness (QED) is 0.654. The number of esters is 1. The van der Waals surface area contributed by atoms with Crippen LogP contribution in [0.5, 0.6) is 11.5 Å². The number of hydrogen-bond acceptors (Lipinski definition) is 6. The Kier molecular flexibility index (Phi) is 8.37. The summed E-state index contributed by atoms with van der Waals surface area (Å²) in [5.41, 5.74) is 0.516. The van der Waals surface area contributed by atoms with Gasteiger partial charge in [0, 0.05) is 31.2 Å². The molecule has 1 aliphatic carbocycles. The van der Waals surface area contributed by atoms with Crippen LogP contribution >= 0.6 is 0 Å². The minimum absolute atomic E-state index is 0.112. The van der Waals surface area contributed by atoms with Crippen molar-refractivity contribution < 1.29 is 23.8 Å². The van der Waals surface area contributed by atoms with E-state index in [2.05, 4.69) is 15.0 Å². The average Bonchev–Trinajstić information content (AvgIpc) is 2.79. The molecule has 3 rings (SSSR count). The number of carbonyl (C=O) groups is 2. The third kappa shape index (κ3) is 6.36. The summed E-state index contributed by atoms with van der Waals surface area (Å²) in [5, 5.41) is 3.15. The number of nitrogens with one attached hydrogen (secondary N) is 1. The van der Waals surface area contributed by atoms with Gasteiger partial charge in [-0.1, -0.05) is 19.3 Å². The second-order valence-electron chi connectivity index (χ2n) is 8.28. The van der Waals surface area contributed by atoms with Gasteiger partial charge in [0.15, 0.2) is 18.1 Å². The van der Waals surface area contributed by atoms with Crippen LogP contribution in [0.3, 0.4) is 0 Å². The molecule has 7 heteroatoms. The summed E-state index contributed by atoms with van der Waals surface area (Å²) < 4.78 is 15.3. The number of nitrogens with zero attached hydrogens (tertiary/aromatic N) is 1. The van der Waals surface area contributed by atoms with Gasteiger partial charge in [0.05, 0.1) is 14.2 Å². The maximum atomic E-state index is 12.7. The largest absolute Gasteiger partial charge is 0.493 e. The number of likely N-dealkylation sites (tertiary alicyclic amines) is 1. The van der Waals surface area contributed by atoms with Gasteiger partial charge in [0.2, 0.25) is 0 Å². The van der Waals surface area contributed by atoms with Crippen LogP contribution in [0, 0.1) is 5.92 Å². The first-order valence-corrected chi connectivity index (χ1v) is 11.0. The lowest BCUT2D eigenvalue weighted by atomic mass is 9.88. The van der Waals surface area contributed by atoms with Gasteiger partial charge in [0.1, 0.15) is 0 Å². The molecule has 0 aromatic heterocycles. The molecular formula is C23H34N2O5. The van der Waals surface area contributed by atoms with Crippen molar-refractivity contribution in [2.45, 2.75) is 51.0 Å². The van der Waals surface area contributed by atoms with Gasteiger partial charge in [-0.15, -0.1) is 0 Å². The molecule has 0 unspecified atom stereocenters. The van der Waals surface area contributed by atoms with Crippen molar-refractivity contribution in [3.05, 3.63) is 23.8 Å². The lowest BCUT2D eigenvalue weighted by Gasteiger charge is -2.35. The van der Waals surface area contributed by atoms with E-state index in [1.165, 1.54) is 52.9 Å². The van der Waals surface area contributed by atoms with E-state index in [4.69, 9.17) is 9.47 Å². The molecule has 1 aliphatic heterocycles. The van der Waals surface area contributed by atoms with Crippen molar-refractivity contribution in [3.63, 3.8) is 0 Å². The smallest absolute Gasteiger partial charge is 0.343 e. The van der Waals surface area contributed by atoms with Crippen molar-refractivity contribution in [3.8, 4) is 11.5 Å². The minimum Gasteiger partial charge on any atom is -0.493 e. The summed E-state index contributed by atoms with van der Waals surface area (Å²) in [6, 6.07) is 5.16. The van der Waals surface area contributed by atoms with Crippen LogP contribution < -0.4 is 14.8 Å². The molecule has 1 aromatic carbocycles. The molecule has 1 heterocycles. The van der Waals surface area contributed by atoms with E-state index in [0.717, 1.165) is 31.8 Å². The Morgan fingerprint density at radius 3 is 2.43 bits per heavy atom. The molecule has 166 valence electrons. The van der Waals surface area contributed by atoms with Gasteiger partial charge in [0.25, 0.3) is 5.91 Å². The Labute approximate surface area is 179 Å². The number of amides is 1. The number of piperidine rings is 1. The Morgan fingerprint density at radius 1 is 1.03 bits per heavy atom. The maximum Gasteiger partial charge on any atom is 0.343 e. The van der Waals surface area contributed by atoms with E-state index < -0.39 is 5.97 Å². The number of ether oxygens (including phenoxy) is 3. The second kappa shape index (κ2) is 11.2. The zero-order valence-electron chi connectivity index (χ0n) is 18.2. The summed E-state index contributed by atoms with van der Waals surface area (Å²) in [7, 11) is 2.81. The molecule has 2 fully saturated rings. The Morgan fingerprint density at radius 2 is 1.77 bits per heavy atom. The summed E-state index contributed by atoms with van der Waals surface area (Å²) in [6.07, 6.45) is 8.87. The molecule has 1 N–H and O–H groups in total. The Balaban J connectivity index is 1.48. The van der Waals surface area contributed by atoms with Crippen LogP contribution in [0.25, 0.3) is 0 Å². The lowest BCUT2D eigenvalue weighted by Crippen LogP contribution is -2.45. The normalized spacial score (nSPS) is 18.6. The van der Waals surface area contributed by atoms with Crippen LogP contribution in [0.4, 0.5) is 0 Å².